The molecule has 200 valence electrons. The summed E-state index contributed by atoms with van der Waals surface area (Å²) in [7, 11) is -1.96. The summed E-state index contributed by atoms with van der Waals surface area (Å²) >= 11 is 0. The molecule has 9 nitrogen and oxygen atoms in total. The van der Waals surface area contributed by atoms with Gasteiger partial charge in [0.1, 0.15) is 0 Å². The Hall–Kier alpha value is -3.89. The van der Waals surface area contributed by atoms with Crippen molar-refractivity contribution in [3.8, 4) is 11.1 Å². The molecule has 0 bridgehead atoms. The summed E-state index contributed by atoms with van der Waals surface area (Å²) in [6.45, 7) is 7.32. The van der Waals surface area contributed by atoms with E-state index in [-0.39, 0.29) is 11.8 Å². The summed E-state index contributed by atoms with van der Waals surface area (Å²) in [5.74, 6) is -0.472. The van der Waals surface area contributed by atoms with Gasteiger partial charge in [0.2, 0.25) is 10.0 Å². The Balaban J connectivity index is 1.64. The highest BCUT2D eigenvalue weighted by Gasteiger charge is 2.22. The van der Waals surface area contributed by atoms with Gasteiger partial charge >= 0.3 is 0 Å². The number of fused-ring (bicyclic) bond motifs is 2. The Bertz CT molecular complexity index is 1470. The summed E-state index contributed by atoms with van der Waals surface area (Å²) in [5, 5.41) is 9.16. The average Bonchev–Trinajstić information content (AvgIpc) is 3.04. The third-order valence-corrected chi connectivity index (χ3v) is 7.91. The number of nitrogens with zero attached hydrogens (tertiary/aromatic N) is 2. The average molecular weight is 536 g/mol. The van der Waals surface area contributed by atoms with Crippen molar-refractivity contribution in [1.29, 1.82) is 0 Å². The van der Waals surface area contributed by atoms with Crippen LogP contribution in [0.4, 0.5) is 22.7 Å². The molecule has 0 unspecified atom stereocenters. The van der Waals surface area contributed by atoms with Crippen molar-refractivity contribution in [1.82, 2.24) is 10.2 Å². The van der Waals surface area contributed by atoms with Crippen LogP contribution in [0.15, 0.2) is 60.7 Å². The number of carbonyl (C=O) groups excluding carboxylic acids is 2. The maximum atomic E-state index is 13.0. The Morgan fingerprint density at radius 2 is 1.63 bits per heavy atom. The van der Waals surface area contributed by atoms with E-state index in [0.29, 0.717) is 46.0 Å². The fourth-order valence-electron chi connectivity index (χ4n) is 4.39. The normalized spacial score (nSPS) is 12.6. The third kappa shape index (κ3) is 5.81. The highest BCUT2D eigenvalue weighted by Crippen LogP contribution is 2.37. The van der Waals surface area contributed by atoms with Gasteiger partial charge in [-0.25, -0.2) is 8.42 Å². The molecule has 0 aliphatic carbocycles. The molecule has 2 amide bonds. The van der Waals surface area contributed by atoms with Gasteiger partial charge in [0, 0.05) is 31.3 Å². The quantitative estimate of drug-likeness (QED) is 0.380. The minimum Gasteiger partial charge on any atom is -0.353 e. The number of carbonyl (C=O) groups is 2. The topological polar surface area (TPSA) is 111 Å². The van der Waals surface area contributed by atoms with Crippen LogP contribution >= 0.6 is 0 Å². The van der Waals surface area contributed by atoms with Crippen molar-refractivity contribution >= 4 is 44.6 Å². The van der Waals surface area contributed by atoms with E-state index in [2.05, 4.69) is 34.7 Å². The second-order valence-corrected chi connectivity index (χ2v) is 11.1. The molecule has 0 fully saturated rings. The van der Waals surface area contributed by atoms with E-state index in [1.807, 2.05) is 18.2 Å². The van der Waals surface area contributed by atoms with E-state index >= 15 is 0 Å². The van der Waals surface area contributed by atoms with Crippen molar-refractivity contribution in [2.24, 2.45) is 0 Å². The van der Waals surface area contributed by atoms with Crippen LogP contribution in [0.2, 0.25) is 0 Å². The number of benzene rings is 3. The number of likely N-dealkylation sites (N-methyl/N-ethyl adjacent to an activating group) is 1. The fourth-order valence-corrected chi connectivity index (χ4v) is 4.90. The van der Waals surface area contributed by atoms with Crippen molar-refractivity contribution in [3.63, 3.8) is 0 Å². The minimum absolute atomic E-state index is 0.191. The zero-order valence-electron chi connectivity index (χ0n) is 22.0. The molecule has 0 aromatic heterocycles. The first-order valence-electron chi connectivity index (χ1n) is 12.5. The maximum Gasteiger partial charge on any atom is 0.257 e. The van der Waals surface area contributed by atoms with Gasteiger partial charge in [-0.05, 0) is 55.1 Å². The number of para-hydroxylation sites is 1. The van der Waals surface area contributed by atoms with Gasteiger partial charge in [0.15, 0.2) is 0 Å². The lowest BCUT2D eigenvalue weighted by atomic mass is 10.0. The summed E-state index contributed by atoms with van der Waals surface area (Å²) in [4.78, 5) is 28.0. The number of rotatable bonds is 9. The largest absolute Gasteiger partial charge is 0.353 e. The number of hydrogen-bond acceptors (Lipinski definition) is 6. The van der Waals surface area contributed by atoms with Crippen LogP contribution in [0.1, 0.15) is 34.6 Å². The maximum absolute atomic E-state index is 13.0. The van der Waals surface area contributed by atoms with E-state index in [0.717, 1.165) is 31.5 Å². The molecule has 38 heavy (non-hydrogen) atoms. The number of amides is 2. The van der Waals surface area contributed by atoms with Crippen LogP contribution in [-0.4, -0.2) is 64.6 Å². The van der Waals surface area contributed by atoms with Crippen molar-refractivity contribution in [3.05, 3.63) is 71.8 Å². The lowest BCUT2D eigenvalue weighted by molar-refractivity contribution is 0.0948. The van der Waals surface area contributed by atoms with Crippen LogP contribution in [0.5, 0.6) is 0 Å². The lowest BCUT2D eigenvalue weighted by Crippen LogP contribution is -2.34. The standard InChI is InChI=1S/C28H33N5O4S/c1-5-33(6-2)16-15-29-27(34)20-12-14-23-25(18-20)30-24-17-19(11-13-22(24)28(35)31-23)21-9-7-8-10-26(21)32(3)38(4,36)37/h7-14,17-18,30H,5-6,15-16H2,1-4H3,(H,29,34)(H,31,35). The SMILES string of the molecule is CCN(CC)CCNC(=O)c1ccc2c(c1)Nc1cc(-c3ccccc3N(C)S(C)(=O)=O)ccc1C(=O)N2. The van der Waals surface area contributed by atoms with E-state index in [1.54, 1.807) is 42.5 Å². The van der Waals surface area contributed by atoms with Crippen molar-refractivity contribution in [2.45, 2.75) is 13.8 Å². The first kappa shape index (κ1) is 27.2. The molecule has 0 atom stereocenters. The summed E-state index contributed by atoms with van der Waals surface area (Å²) < 4.78 is 25.7. The molecule has 4 rings (SSSR count). The Kier molecular flexibility index (Phi) is 8.03. The molecule has 0 saturated carbocycles. The molecule has 1 aliphatic heterocycles. The zero-order valence-corrected chi connectivity index (χ0v) is 22.9. The summed E-state index contributed by atoms with van der Waals surface area (Å²) in [6, 6.07) is 17.6. The molecule has 1 heterocycles. The third-order valence-electron chi connectivity index (χ3n) is 6.72. The van der Waals surface area contributed by atoms with Crippen LogP contribution < -0.4 is 20.3 Å². The zero-order chi connectivity index (χ0) is 27.4. The second kappa shape index (κ2) is 11.2. The Morgan fingerprint density at radius 3 is 2.34 bits per heavy atom. The summed E-state index contributed by atoms with van der Waals surface area (Å²) in [6.07, 6.45) is 1.15. The Labute approximate surface area is 223 Å². The van der Waals surface area contributed by atoms with Gasteiger partial charge in [-0.3, -0.25) is 13.9 Å². The predicted molar refractivity (Wildman–Crippen MR) is 153 cm³/mol. The highest BCUT2D eigenvalue weighted by molar-refractivity contribution is 7.92. The first-order chi connectivity index (χ1) is 18.1. The van der Waals surface area contributed by atoms with Gasteiger partial charge in [-0.15, -0.1) is 0 Å². The molecule has 3 N–H and O–H groups in total. The molecule has 1 aliphatic rings. The molecule has 10 heteroatoms. The van der Waals surface area contributed by atoms with Crippen LogP contribution in [-0.2, 0) is 10.0 Å². The van der Waals surface area contributed by atoms with E-state index in [9.17, 15) is 18.0 Å². The molecule has 0 spiro atoms. The van der Waals surface area contributed by atoms with Crippen LogP contribution in [0.25, 0.3) is 11.1 Å². The van der Waals surface area contributed by atoms with Gasteiger partial charge in [-0.2, -0.15) is 0 Å². The second-order valence-electron chi connectivity index (χ2n) is 9.13. The van der Waals surface area contributed by atoms with Gasteiger partial charge in [0.25, 0.3) is 11.8 Å². The van der Waals surface area contributed by atoms with Gasteiger partial charge in [-0.1, -0.05) is 38.1 Å². The smallest absolute Gasteiger partial charge is 0.257 e. The van der Waals surface area contributed by atoms with E-state index in [4.69, 9.17) is 0 Å². The number of sulfonamides is 1. The molecule has 3 aromatic carbocycles. The number of nitrogens with one attached hydrogen (secondary N) is 3. The lowest BCUT2D eigenvalue weighted by Gasteiger charge is -2.21. The van der Waals surface area contributed by atoms with E-state index < -0.39 is 10.0 Å². The molecule has 0 saturated heterocycles. The monoisotopic (exact) mass is 535 g/mol. The molecule has 0 radical (unpaired) electrons. The predicted octanol–water partition coefficient (Wildman–Crippen LogP) is 4.13. The summed E-state index contributed by atoms with van der Waals surface area (Å²) in [5.41, 5.74) is 4.58. The van der Waals surface area contributed by atoms with Crippen LogP contribution in [0.3, 0.4) is 0 Å². The highest BCUT2D eigenvalue weighted by atomic mass is 32.2. The molecular formula is C28H33N5O4S. The number of hydrogen-bond donors (Lipinski definition) is 3. The molecular weight excluding hydrogens is 502 g/mol. The Morgan fingerprint density at radius 1 is 0.895 bits per heavy atom. The van der Waals surface area contributed by atoms with E-state index in [1.165, 1.54) is 11.4 Å². The van der Waals surface area contributed by atoms with Gasteiger partial charge in [0.05, 0.1) is 34.6 Å². The minimum atomic E-state index is -3.47. The number of anilines is 4. The van der Waals surface area contributed by atoms with Crippen molar-refractivity contribution < 1.29 is 18.0 Å². The first-order valence-corrected chi connectivity index (χ1v) is 14.4. The van der Waals surface area contributed by atoms with Crippen LogP contribution in [0, 0.1) is 0 Å². The van der Waals surface area contributed by atoms with Gasteiger partial charge < -0.3 is 20.9 Å². The van der Waals surface area contributed by atoms with Crippen molar-refractivity contribution in [2.75, 3.05) is 54.4 Å². The fraction of sp³-hybridized carbons (Fsp3) is 0.286. The molecule has 3 aromatic rings.